The normalized spacial score (nSPS) is 12.2. The third-order valence-electron chi connectivity index (χ3n) is 4.17. The van der Waals surface area contributed by atoms with Gasteiger partial charge < -0.3 is 0 Å². The zero-order valence-corrected chi connectivity index (χ0v) is 15.4. The first kappa shape index (κ1) is 18.1. The molecular weight excluding hydrogens is 323 g/mol. The Labute approximate surface area is 150 Å². The van der Waals surface area contributed by atoms with E-state index in [2.05, 4.69) is 44.7 Å². The van der Waals surface area contributed by atoms with Gasteiger partial charge in [0.25, 0.3) is 0 Å². The molecule has 0 aromatic heterocycles. The smallest absolute Gasteiger partial charge is 0.0595 e. The average Bonchev–Trinajstić information content (AvgIpc) is 2.48. The van der Waals surface area contributed by atoms with Crippen molar-refractivity contribution in [3.05, 3.63) is 81.4 Å². The van der Waals surface area contributed by atoms with E-state index in [9.17, 15) is 0 Å². The molecule has 0 saturated heterocycles. The van der Waals surface area contributed by atoms with Crippen LogP contribution in [0.25, 0.3) is 0 Å². The van der Waals surface area contributed by atoms with E-state index in [1.807, 2.05) is 18.2 Å². The van der Waals surface area contributed by atoms with Crippen LogP contribution in [0.15, 0.2) is 49.1 Å². The Balaban J connectivity index is 2.02. The number of halogens is 2. The lowest BCUT2D eigenvalue weighted by Crippen LogP contribution is -2.00. The summed E-state index contributed by atoms with van der Waals surface area (Å²) in [7, 11) is 0. The Bertz CT molecular complexity index is 653. The quantitative estimate of drug-likeness (QED) is 0.461. The van der Waals surface area contributed by atoms with Gasteiger partial charge in [-0.05, 0) is 68.7 Å². The van der Waals surface area contributed by atoms with Gasteiger partial charge >= 0.3 is 0 Å². The Hall–Kier alpha value is -1.24. The maximum absolute atomic E-state index is 6.17. The highest BCUT2D eigenvalue weighted by Gasteiger charge is 2.12. The molecule has 0 aliphatic carbocycles. The van der Waals surface area contributed by atoms with E-state index < -0.39 is 0 Å². The Morgan fingerprint density at radius 1 is 1.00 bits per heavy atom. The first-order valence-corrected chi connectivity index (χ1v) is 8.88. The standard InChI is InChI=1S/C21H24Cl2/c1-4-6-18(19-9-10-20(22)21(23)14-19)8-5-7-17-12-15(2)11-16(3)13-17/h4,9-14,18H,1,5-8H2,2-3H3/t18-/m1/s1. The van der Waals surface area contributed by atoms with Crippen LogP contribution >= 0.6 is 23.2 Å². The molecule has 2 aromatic carbocycles. The summed E-state index contributed by atoms with van der Waals surface area (Å²) in [6.45, 7) is 8.22. The number of benzene rings is 2. The molecule has 2 aromatic rings. The predicted octanol–water partition coefficient (Wildman–Crippen LogP) is 7.29. The van der Waals surface area contributed by atoms with Crippen molar-refractivity contribution in [3.8, 4) is 0 Å². The molecule has 1 atom stereocenters. The van der Waals surface area contributed by atoms with Crippen LogP contribution in [0, 0.1) is 13.8 Å². The maximum Gasteiger partial charge on any atom is 0.0595 e. The van der Waals surface area contributed by atoms with E-state index in [1.165, 1.54) is 22.3 Å². The van der Waals surface area contributed by atoms with Crippen molar-refractivity contribution in [2.45, 2.75) is 45.4 Å². The van der Waals surface area contributed by atoms with E-state index >= 15 is 0 Å². The predicted molar refractivity (Wildman–Crippen MR) is 103 cm³/mol. The minimum absolute atomic E-state index is 0.452. The fourth-order valence-electron chi connectivity index (χ4n) is 3.15. The van der Waals surface area contributed by atoms with Gasteiger partial charge in [-0.15, -0.1) is 6.58 Å². The van der Waals surface area contributed by atoms with Gasteiger partial charge in [0.2, 0.25) is 0 Å². The van der Waals surface area contributed by atoms with Crippen molar-refractivity contribution in [2.24, 2.45) is 0 Å². The summed E-state index contributed by atoms with van der Waals surface area (Å²) in [6, 6.07) is 12.8. The fourth-order valence-corrected chi connectivity index (χ4v) is 3.46. The molecule has 0 amide bonds. The molecule has 0 spiro atoms. The summed E-state index contributed by atoms with van der Waals surface area (Å²) in [5.41, 5.74) is 5.35. The molecule has 0 fully saturated rings. The number of allylic oxidation sites excluding steroid dienone is 1. The molecule has 2 heteroatoms. The summed E-state index contributed by atoms with van der Waals surface area (Å²) < 4.78 is 0. The highest BCUT2D eigenvalue weighted by atomic mass is 35.5. The molecule has 0 unspecified atom stereocenters. The summed E-state index contributed by atoms with van der Waals surface area (Å²) in [5, 5.41) is 1.25. The molecule has 23 heavy (non-hydrogen) atoms. The van der Waals surface area contributed by atoms with Gasteiger partial charge in [0.15, 0.2) is 0 Å². The van der Waals surface area contributed by atoms with Crippen LogP contribution in [0.5, 0.6) is 0 Å². The van der Waals surface area contributed by atoms with Crippen LogP contribution in [0.4, 0.5) is 0 Å². The molecule has 0 aliphatic rings. The largest absolute Gasteiger partial charge is 0.103 e. The number of hydrogen-bond donors (Lipinski definition) is 0. The number of rotatable bonds is 7. The van der Waals surface area contributed by atoms with Crippen LogP contribution in [0.1, 0.15) is 47.4 Å². The van der Waals surface area contributed by atoms with Gasteiger partial charge in [0, 0.05) is 0 Å². The molecule has 0 bridgehead atoms. The summed E-state index contributed by atoms with van der Waals surface area (Å²) in [4.78, 5) is 0. The first-order valence-electron chi connectivity index (χ1n) is 8.12. The topological polar surface area (TPSA) is 0 Å². The summed E-state index contributed by atoms with van der Waals surface area (Å²) in [6.07, 6.45) is 6.34. The molecule has 0 saturated carbocycles. The van der Waals surface area contributed by atoms with Crippen molar-refractivity contribution in [1.82, 2.24) is 0 Å². The van der Waals surface area contributed by atoms with Crippen LogP contribution in [-0.4, -0.2) is 0 Å². The van der Waals surface area contributed by atoms with Crippen molar-refractivity contribution in [3.63, 3.8) is 0 Å². The molecule has 0 radical (unpaired) electrons. The van der Waals surface area contributed by atoms with Gasteiger partial charge in [-0.1, -0.05) is 64.7 Å². The maximum atomic E-state index is 6.17. The Morgan fingerprint density at radius 3 is 2.30 bits per heavy atom. The Morgan fingerprint density at radius 2 is 1.70 bits per heavy atom. The van der Waals surface area contributed by atoms with Crippen LogP contribution in [0.3, 0.4) is 0 Å². The van der Waals surface area contributed by atoms with E-state index in [0.717, 1.165) is 25.7 Å². The third kappa shape index (κ3) is 5.41. The fraction of sp³-hybridized carbons (Fsp3) is 0.333. The average molecular weight is 347 g/mol. The number of hydrogen-bond acceptors (Lipinski definition) is 0. The molecule has 0 heterocycles. The summed E-state index contributed by atoms with van der Waals surface area (Å²) >= 11 is 12.2. The highest BCUT2D eigenvalue weighted by Crippen LogP contribution is 2.31. The van der Waals surface area contributed by atoms with Crippen molar-refractivity contribution >= 4 is 23.2 Å². The second-order valence-corrected chi connectivity index (χ2v) is 7.10. The van der Waals surface area contributed by atoms with Gasteiger partial charge in [-0.25, -0.2) is 0 Å². The van der Waals surface area contributed by atoms with Crippen LogP contribution in [0.2, 0.25) is 10.0 Å². The van der Waals surface area contributed by atoms with Gasteiger partial charge in [-0.2, -0.15) is 0 Å². The van der Waals surface area contributed by atoms with Crippen LogP contribution in [-0.2, 0) is 6.42 Å². The zero-order valence-electron chi connectivity index (χ0n) is 13.9. The number of aryl methyl sites for hydroxylation is 3. The molecule has 122 valence electrons. The molecule has 0 nitrogen and oxygen atoms in total. The Kier molecular flexibility index (Phi) is 6.74. The first-order chi connectivity index (χ1) is 11.0. The van der Waals surface area contributed by atoms with E-state index in [0.29, 0.717) is 16.0 Å². The summed E-state index contributed by atoms with van der Waals surface area (Å²) in [5.74, 6) is 0.452. The lowest BCUT2D eigenvalue weighted by molar-refractivity contribution is 0.597. The second-order valence-electron chi connectivity index (χ2n) is 6.28. The lowest BCUT2D eigenvalue weighted by atomic mass is 9.89. The van der Waals surface area contributed by atoms with Gasteiger partial charge in [0.05, 0.1) is 10.0 Å². The molecular formula is C21H24Cl2. The second kappa shape index (κ2) is 8.57. The van der Waals surface area contributed by atoms with Gasteiger partial charge in [0.1, 0.15) is 0 Å². The van der Waals surface area contributed by atoms with Crippen LogP contribution < -0.4 is 0 Å². The molecule has 0 aliphatic heterocycles. The van der Waals surface area contributed by atoms with Crippen molar-refractivity contribution in [2.75, 3.05) is 0 Å². The lowest BCUT2D eigenvalue weighted by Gasteiger charge is -2.16. The minimum atomic E-state index is 0.452. The molecule has 0 N–H and O–H groups in total. The zero-order chi connectivity index (χ0) is 16.8. The van der Waals surface area contributed by atoms with E-state index in [-0.39, 0.29) is 0 Å². The molecule has 2 rings (SSSR count). The van der Waals surface area contributed by atoms with Crippen molar-refractivity contribution < 1.29 is 0 Å². The highest BCUT2D eigenvalue weighted by molar-refractivity contribution is 6.42. The monoisotopic (exact) mass is 346 g/mol. The van der Waals surface area contributed by atoms with Gasteiger partial charge in [-0.3, -0.25) is 0 Å². The van der Waals surface area contributed by atoms with Crippen molar-refractivity contribution in [1.29, 1.82) is 0 Å². The van der Waals surface area contributed by atoms with E-state index in [4.69, 9.17) is 23.2 Å². The third-order valence-corrected chi connectivity index (χ3v) is 4.90. The minimum Gasteiger partial charge on any atom is -0.103 e. The SMILES string of the molecule is C=CC[C@H](CCCc1cc(C)cc(C)c1)c1ccc(Cl)c(Cl)c1. The van der Waals surface area contributed by atoms with E-state index in [1.54, 1.807) is 0 Å².